The lowest BCUT2D eigenvalue weighted by Gasteiger charge is -2.04. The van der Waals surface area contributed by atoms with Crippen LogP contribution in [0.25, 0.3) is 0 Å². The second-order valence-corrected chi connectivity index (χ2v) is 6.07. The van der Waals surface area contributed by atoms with Crippen molar-refractivity contribution in [2.24, 2.45) is 0 Å². The Morgan fingerprint density at radius 3 is 2.85 bits per heavy atom. The van der Waals surface area contributed by atoms with E-state index in [1.807, 2.05) is 12.1 Å². The Morgan fingerprint density at radius 1 is 1.40 bits per heavy atom. The number of carbonyl (C=O) groups is 1. The van der Waals surface area contributed by atoms with Gasteiger partial charge in [0.15, 0.2) is 0 Å². The number of halogens is 1. The molecule has 8 heteroatoms. The maximum atomic E-state index is 11.8. The van der Waals surface area contributed by atoms with Gasteiger partial charge in [-0.3, -0.25) is 5.32 Å². The Bertz CT molecular complexity index is 636. The van der Waals surface area contributed by atoms with Gasteiger partial charge in [0.1, 0.15) is 0 Å². The van der Waals surface area contributed by atoms with Crippen molar-refractivity contribution < 1.29 is 4.79 Å². The van der Waals surface area contributed by atoms with E-state index in [9.17, 15) is 4.79 Å². The van der Waals surface area contributed by atoms with E-state index in [0.29, 0.717) is 21.7 Å². The largest absolute Gasteiger partial charge is 0.325 e. The number of hydrogen-bond acceptors (Lipinski definition) is 5. The molecule has 2 N–H and O–H groups in total. The summed E-state index contributed by atoms with van der Waals surface area (Å²) in [5.74, 6) is 2.99. The van der Waals surface area contributed by atoms with Gasteiger partial charge in [0.2, 0.25) is 10.3 Å². The minimum atomic E-state index is -0.364. The molecule has 0 radical (unpaired) electrons. The zero-order valence-corrected chi connectivity index (χ0v) is 13.3. The second-order valence-electron chi connectivity index (χ2n) is 3.46. The number of nitrogens with one attached hydrogen (secondary N) is 2. The first kappa shape index (κ1) is 14.8. The summed E-state index contributed by atoms with van der Waals surface area (Å²) in [6.07, 6.45) is 5.15. The maximum Gasteiger partial charge on any atom is 0.325 e. The predicted molar refractivity (Wildman–Crippen MR) is 86.2 cm³/mol. The highest BCUT2D eigenvalue weighted by Gasteiger charge is 2.08. The molecule has 20 heavy (non-hydrogen) atoms. The van der Waals surface area contributed by atoms with Gasteiger partial charge in [-0.1, -0.05) is 33.6 Å². The molecular formula is C12H9BrN4OS2. The first-order chi connectivity index (χ1) is 9.67. The van der Waals surface area contributed by atoms with Gasteiger partial charge in [0.05, 0.1) is 5.75 Å². The van der Waals surface area contributed by atoms with E-state index in [0.717, 1.165) is 16.0 Å². The van der Waals surface area contributed by atoms with Crippen molar-refractivity contribution >= 4 is 56.1 Å². The lowest BCUT2D eigenvalue weighted by Crippen LogP contribution is -2.19. The highest BCUT2D eigenvalue weighted by Crippen LogP contribution is 2.20. The minimum Gasteiger partial charge on any atom is -0.308 e. The van der Waals surface area contributed by atoms with Crippen LogP contribution in [-0.2, 0) is 0 Å². The highest BCUT2D eigenvalue weighted by molar-refractivity contribution is 9.10. The number of anilines is 2. The van der Waals surface area contributed by atoms with Crippen LogP contribution in [0.4, 0.5) is 15.6 Å². The molecule has 0 atom stereocenters. The van der Waals surface area contributed by atoms with Crippen LogP contribution in [0.15, 0.2) is 33.9 Å². The third-order valence-electron chi connectivity index (χ3n) is 2.01. The van der Waals surface area contributed by atoms with Gasteiger partial charge in [0.25, 0.3) is 0 Å². The number of amides is 2. The highest BCUT2D eigenvalue weighted by atomic mass is 79.9. The Balaban J connectivity index is 1.89. The first-order valence-corrected chi connectivity index (χ1v) is 7.96. The molecule has 0 fully saturated rings. The number of thioether (sulfide) groups is 1. The number of hydrogen-bond donors (Lipinski definition) is 2. The molecule has 2 rings (SSSR count). The third-order valence-corrected chi connectivity index (χ3v) is 4.04. The van der Waals surface area contributed by atoms with Crippen molar-refractivity contribution in [3.63, 3.8) is 0 Å². The molecule has 1 aromatic carbocycles. The Labute approximate surface area is 132 Å². The quantitative estimate of drug-likeness (QED) is 0.638. The molecule has 102 valence electrons. The van der Waals surface area contributed by atoms with E-state index in [1.165, 1.54) is 11.8 Å². The van der Waals surface area contributed by atoms with Gasteiger partial charge >= 0.3 is 6.03 Å². The molecule has 0 saturated heterocycles. The Hall–Kier alpha value is -1.56. The second kappa shape index (κ2) is 7.28. The summed E-state index contributed by atoms with van der Waals surface area (Å²) < 4.78 is 5.02. The smallest absolute Gasteiger partial charge is 0.308 e. The number of terminal acetylenes is 1. The summed E-state index contributed by atoms with van der Waals surface area (Å²) >= 11 is 5.79. The monoisotopic (exact) mass is 368 g/mol. The lowest BCUT2D eigenvalue weighted by molar-refractivity contribution is 0.262. The van der Waals surface area contributed by atoms with Crippen LogP contribution in [-0.4, -0.2) is 21.1 Å². The molecule has 0 saturated carbocycles. The SMILES string of the molecule is C#CCSc1nsc(NC(=O)Nc2ccc(Br)cc2)n1. The van der Waals surface area contributed by atoms with Gasteiger partial charge < -0.3 is 5.32 Å². The number of urea groups is 1. The van der Waals surface area contributed by atoms with Crippen molar-refractivity contribution in [1.29, 1.82) is 0 Å². The minimum absolute atomic E-state index is 0.364. The molecule has 2 aromatic rings. The summed E-state index contributed by atoms with van der Waals surface area (Å²) in [6, 6.07) is 6.90. The van der Waals surface area contributed by atoms with Crippen LogP contribution in [0.3, 0.4) is 0 Å². The molecule has 0 aliphatic rings. The van der Waals surface area contributed by atoms with Crippen LogP contribution in [0.2, 0.25) is 0 Å². The fourth-order valence-corrected chi connectivity index (χ4v) is 2.70. The standard InChI is InChI=1S/C12H9BrN4OS2/c1-2-7-19-12-16-11(20-17-12)15-10(18)14-9-5-3-8(13)4-6-9/h1,3-6H,7H2,(H2,14,15,16,17,18). The molecule has 0 spiro atoms. The van der Waals surface area contributed by atoms with Crippen molar-refractivity contribution in [2.75, 3.05) is 16.4 Å². The van der Waals surface area contributed by atoms with E-state index in [1.54, 1.807) is 12.1 Å². The normalized spacial score (nSPS) is 9.80. The van der Waals surface area contributed by atoms with Crippen LogP contribution >= 0.6 is 39.2 Å². The van der Waals surface area contributed by atoms with Gasteiger partial charge in [-0.25, -0.2) is 4.79 Å². The van der Waals surface area contributed by atoms with E-state index in [2.05, 4.69) is 41.8 Å². The molecule has 0 aliphatic carbocycles. The van der Waals surface area contributed by atoms with Crippen molar-refractivity contribution in [3.05, 3.63) is 28.7 Å². The zero-order valence-electron chi connectivity index (χ0n) is 10.1. The molecule has 1 aromatic heterocycles. The molecule has 1 heterocycles. The van der Waals surface area contributed by atoms with Gasteiger partial charge in [-0.15, -0.1) is 6.42 Å². The average molecular weight is 369 g/mol. The molecule has 5 nitrogen and oxygen atoms in total. The Morgan fingerprint density at radius 2 is 2.15 bits per heavy atom. The molecule has 0 bridgehead atoms. The molecule has 0 unspecified atom stereocenters. The maximum absolute atomic E-state index is 11.8. The third kappa shape index (κ3) is 4.52. The van der Waals surface area contributed by atoms with Crippen LogP contribution in [0.5, 0.6) is 0 Å². The number of carbonyl (C=O) groups excluding carboxylic acids is 1. The van der Waals surface area contributed by atoms with Crippen molar-refractivity contribution in [2.45, 2.75) is 5.16 Å². The van der Waals surface area contributed by atoms with Gasteiger partial charge in [-0.05, 0) is 24.3 Å². The van der Waals surface area contributed by atoms with E-state index in [4.69, 9.17) is 6.42 Å². The fourth-order valence-electron chi connectivity index (χ4n) is 1.22. The van der Waals surface area contributed by atoms with Crippen LogP contribution in [0, 0.1) is 12.3 Å². The number of aromatic nitrogens is 2. The lowest BCUT2D eigenvalue weighted by atomic mass is 10.3. The summed E-state index contributed by atoms with van der Waals surface area (Å²) in [5, 5.41) is 6.31. The summed E-state index contributed by atoms with van der Waals surface area (Å²) in [7, 11) is 0. The van der Waals surface area contributed by atoms with E-state index in [-0.39, 0.29) is 6.03 Å². The summed E-state index contributed by atoms with van der Waals surface area (Å²) in [5.41, 5.74) is 0.692. The zero-order chi connectivity index (χ0) is 14.4. The van der Waals surface area contributed by atoms with Crippen molar-refractivity contribution in [3.8, 4) is 12.3 Å². The van der Waals surface area contributed by atoms with E-state index < -0.39 is 0 Å². The number of rotatable bonds is 4. The fraction of sp³-hybridized carbons (Fsp3) is 0.0833. The average Bonchev–Trinajstić information content (AvgIpc) is 2.86. The summed E-state index contributed by atoms with van der Waals surface area (Å²) in [6.45, 7) is 0. The predicted octanol–water partition coefficient (Wildman–Crippen LogP) is 3.67. The summed E-state index contributed by atoms with van der Waals surface area (Å²) in [4.78, 5) is 15.9. The topological polar surface area (TPSA) is 66.9 Å². The van der Waals surface area contributed by atoms with Gasteiger partial charge in [-0.2, -0.15) is 9.36 Å². The van der Waals surface area contributed by atoms with Crippen LogP contribution in [0.1, 0.15) is 0 Å². The number of nitrogens with zero attached hydrogens (tertiary/aromatic N) is 2. The molecule has 2 amide bonds. The molecule has 0 aliphatic heterocycles. The van der Waals surface area contributed by atoms with Gasteiger partial charge in [0, 0.05) is 21.7 Å². The van der Waals surface area contributed by atoms with E-state index >= 15 is 0 Å². The first-order valence-electron chi connectivity index (χ1n) is 5.41. The van der Waals surface area contributed by atoms with Crippen LogP contribution < -0.4 is 10.6 Å². The van der Waals surface area contributed by atoms with Crippen molar-refractivity contribution in [1.82, 2.24) is 9.36 Å². The molecular weight excluding hydrogens is 360 g/mol. The number of benzene rings is 1. The Kier molecular flexibility index (Phi) is 5.40.